The first-order valence-electron chi connectivity index (χ1n) is 6.98. The second-order valence-corrected chi connectivity index (χ2v) is 5.49. The molecule has 0 radical (unpaired) electrons. The van der Waals surface area contributed by atoms with Gasteiger partial charge in [0.15, 0.2) is 0 Å². The summed E-state index contributed by atoms with van der Waals surface area (Å²) in [7, 11) is 0. The van der Waals surface area contributed by atoms with Crippen molar-refractivity contribution in [1.82, 2.24) is 10.6 Å². The van der Waals surface area contributed by atoms with Crippen LogP contribution in [0.5, 0.6) is 5.75 Å². The highest BCUT2D eigenvalue weighted by atomic mass is 16.5. The molecule has 0 saturated carbocycles. The summed E-state index contributed by atoms with van der Waals surface area (Å²) in [5.41, 5.74) is 1.01. The van der Waals surface area contributed by atoms with Gasteiger partial charge in [0.25, 0.3) is 0 Å². The molecule has 3 rings (SSSR count). The minimum atomic E-state index is -0.162. The molecule has 1 saturated heterocycles. The van der Waals surface area contributed by atoms with E-state index in [0.717, 1.165) is 30.8 Å². The van der Waals surface area contributed by atoms with Gasteiger partial charge in [0.2, 0.25) is 5.91 Å². The van der Waals surface area contributed by atoms with E-state index < -0.39 is 0 Å². The molecule has 4 heteroatoms. The topological polar surface area (TPSA) is 50.4 Å². The highest BCUT2D eigenvalue weighted by Crippen LogP contribution is 2.33. The average molecular weight is 260 g/mol. The van der Waals surface area contributed by atoms with Crippen LogP contribution in [0.3, 0.4) is 0 Å². The van der Waals surface area contributed by atoms with Crippen LogP contribution in [0.15, 0.2) is 24.3 Å². The minimum Gasteiger partial charge on any atom is -0.492 e. The first-order valence-corrected chi connectivity index (χ1v) is 6.98. The predicted octanol–water partition coefficient (Wildman–Crippen LogP) is 1.28. The first kappa shape index (κ1) is 12.5. The Morgan fingerprint density at radius 3 is 3.11 bits per heavy atom. The number of benzene rings is 1. The van der Waals surface area contributed by atoms with Gasteiger partial charge in [0, 0.05) is 18.2 Å². The smallest absolute Gasteiger partial charge is 0.231 e. The average Bonchev–Trinajstić information content (AvgIpc) is 2.85. The maximum atomic E-state index is 12.4. The minimum absolute atomic E-state index is 0.0884. The molecule has 2 aliphatic rings. The number of para-hydroxylation sites is 1. The van der Waals surface area contributed by atoms with Crippen LogP contribution in [-0.2, 0) is 4.79 Å². The summed E-state index contributed by atoms with van der Waals surface area (Å²) >= 11 is 0. The molecule has 1 aromatic rings. The van der Waals surface area contributed by atoms with Crippen LogP contribution in [-0.4, -0.2) is 31.6 Å². The number of carbonyl (C=O) groups is 1. The van der Waals surface area contributed by atoms with E-state index in [2.05, 4.69) is 17.6 Å². The number of ether oxygens (including phenoxy) is 1. The molecule has 1 fully saturated rings. The monoisotopic (exact) mass is 260 g/mol. The van der Waals surface area contributed by atoms with Gasteiger partial charge in [-0.3, -0.25) is 4.79 Å². The molecule has 1 aromatic carbocycles. The second kappa shape index (κ2) is 5.21. The van der Waals surface area contributed by atoms with Crippen LogP contribution in [0.1, 0.15) is 24.8 Å². The first-order chi connectivity index (χ1) is 9.25. The fourth-order valence-electron chi connectivity index (χ4n) is 2.85. The molecule has 3 unspecified atom stereocenters. The quantitative estimate of drug-likeness (QED) is 0.842. The summed E-state index contributed by atoms with van der Waals surface area (Å²) in [5, 5.41) is 6.50. The third-order valence-electron chi connectivity index (χ3n) is 4.17. The van der Waals surface area contributed by atoms with Crippen LogP contribution in [0.25, 0.3) is 0 Å². The van der Waals surface area contributed by atoms with Crippen LogP contribution >= 0.6 is 0 Å². The highest BCUT2D eigenvalue weighted by molar-refractivity contribution is 5.85. The van der Waals surface area contributed by atoms with E-state index in [1.54, 1.807) is 0 Å². The maximum absolute atomic E-state index is 12.4. The molecule has 4 nitrogen and oxygen atoms in total. The van der Waals surface area contributed by atoms with Gasteiger partial charge in [-0.2, -0.15) is 0 Å². The molecule has 0 spiro atoms. The number of rotatable bonds is 2. The second-order valence-electron chi connectivity index (χ2n) is 5.49. The molecule has 2 aliphatic heterocycles. The van der Waals surface area contributed by atoms with Crippen molar-refractivity contribution in [2.24, 2.45) is 5.92 Å². The van der Waals surface area contributed by atoms with E-state index in [0.29, 0.717) is 12.5 Å². The van der Waals surface area contributed by atoms with Gasteiger partial charge in [0.1, 0.15) is 18.3 Å². The Morgan fingerprint density at radius 2 is 2.26 bits per heavy atom. The lowest BCUT2D eigenvalue weighted by Crippen LogP contribution is -2.51. The van der Waals surface area contributed by atoms with E-state index in [1.807, 2.05) is 24.3 Å². The van der Waals surface area contributed by atoms with Gasteiger partial charge in [0.05, 0.1) is 0 Å². The van der Waals surface area contributed by atoms with Crippen molar-refractivity contribution in [2.75, 3.05) is 19.7 Å². The fourth-order valence-corrected chi connectivity index (χ4v) is 2.85. The largest absolute Gasteiger partial charge is 0.492 e. The van der Waals surface area contributed by atoms with Crippen molar-refractivity contribution in [3.63, 3.8) is 0 Å². The molecule has 3 atom stereocenters. The standard InChI is InChI=1S/C15H20N2O2/c1-10-6-7-16-8-13(10)17-15(18)12-9-19-14-5-3-2-4-11(12)14/h2-5,10,12-13,16H,6-9H2,1H3,(H,17,18). The lowest BCUT2D eigenvalue weighted by molar-refractivity contribution is -0.123. The summed E-state index contributed by atoms with van der Waals surface area (Å²) in [6.45, 7) is 4.57. The Labute approximate surface area is 113 Å². The number of piperidine rings is 1. The molecule has 102 valence electrons. The molecule has 1 amide bonds. The molecule has 2 heterocycles. The lowest BCUT2D eigenvalue weighted by atomic mass is 9.93. The molecule has 0 aromatic heterocycles. The molecule has 0 bridgehead atoms. The zero-order valence-corrected chi connectivity index (χ0v) is 11.2. The van der Waals surface area contributed by atoms with Crippen molar-refractivity contribution < 1.29 is 9.53 Å². The number of amides is 1. The normalized spacial score (nSPS) is 29.4. The Balaban J connectivity index is 1.68. The molecular weight excluding hydrogens is 240 g/mol. The SMILES string of the molecule is CC1CCNCC1NC(=O)C1COc2ccccc21. The predicted molar refractivity (Wildman–Crippen MR) is 73.3 cm³/mol. The third-order valence-corrected chi connectivity index (χ3v) is 4.17. The number of fused-ring (bicyclic) bond motifs is 1. The third kappa shape index (κ3) is 2.45. The van der Waals surface area contributed by atoms with Crippen molar-refractivity contribution >= 4 is 5.91 Å². The van der Waals surface area contributed by atoms with Crippen LogP contribution < -0.4 is 15.4 Å². The fraction of sp³-hybridized carbons (Fsp3) is 0.533. The molecular formula is C15H20N2O2. The Hall–Kier alpha value is -1.55. The van der Waals surface area contributed by atoms with Crippen molar-refractivity contribution in [3.05, 3.63) is 29.8 Å². The van der Waals surface area contributed by atoms with E-state index >= 15 is 0 Å². The summed E-state index contributed by atoms with van der Waals surface area (Å²) in [6.07, 6.45) is 1.11. The number of nitrogens with one attached hydrogen (secondary N) is 2. The maximum Gasteiger partial charge on any atom is 0.231 e. The van der Waals surface area contributed by atoms with Crippen LogP contribution in [0.4, 0.5) is 0 Å². The number of carbonyl (C=O) groups excluding carboxylic acids is 1. The zero-order valence-electron chi connectivity index (χ0n) is 11.2. The van der Waals surface area contributed by atoms with Crippen LogP contribution in [0.2, 0.25) is 0 Å². The molecule has 0 aliphatic carbocycles. The highest BCUT2D eigenvalue weighted by Gasteiger charge is 2.32. The van der Waals surface area contributed by atoms with E-state index in [4.69, 9.17) is 4.74 Å². The summed E-state index contributed by atoms with van der Waals surface area (Å²) in [6, 6.07) is 8.03. The van der Waals surface area contributed by atoms with Crippen molar-refractivity contribution in [3.8, 4) is 5.75 Å². The van der Waals surface area contributed by atoms with Gasteiger partial charge < -0.3 is 15.4 Å². The number of hydrogen-bond donors (Lipinski definition) is 2. The zero-order chi connectivity index (χ0) is 13.2. The van der Waals surface area contributed by atoms with Gasteiger partial charge >= 0.3 is 0 Å². The molecule has 2 N–H and O–H groups in total. The van der Waals surface area contributed by atoms with E-state index in [1.165, 1.54) is 0 Å². The van der Waals surface area contributed by atoms with Gasteiger partial charge in [-0.25, -0.2) is 0 Å². The van der Waals surface area contributed by atoms with E-state index in [-0.39, 0.29) is 17.9 Å². The lowest BCUT2D eigenvalue weighted by Gasteiger charge is -2.31. The Morgan fingerprint density at radius 1 is 1.42 bits per heavy atom. The Kier molecular flexibility index (Phi) is 3.42. The van der Waals surface area contributed by atoms with Crippen molar-refractivity contribution in [1.29, 1.82) is 0 Å². The molecule has 19 heavy (non-hydrogen) atoms. The van der Waals surface area contributed by atoms with Gasteiger partial charge in [-0.05, 0) is 24.9 Å². The summed E-state index contributed by atoms with van der Waals surface area (Å²) < 4.78 is 5.57. The van der Waals surface area contributed by atoms with E-state index in [9.17, 15) is 4.79 Å². The summed E-state index contributed by atoms with van der Waals surface area (Å²) in [4.78, 5) is 12.4. The number of hydrogen-bond acceptors (Lipinski definition) is 3. The summed E-state index contributed by atoms with van der Waals surface area (Å²) in [5.74, 6) is 1.30. The van der Waals surface area contributed by atoms with Gasteiger partial charge in [-0.1, -0.05) is 25.1 Å². The Bertz CT molecular complexity index is 475. The van der Waals surface area contributed by atoms with Crippen LogP contribution in [0, 0.1) is 5.92 Å². The van der Waals surface area contributed by atoms with Gasteiger partial charge in [-0.15, -0.1) is 0 Å². The van der Waals surface area contributed by atoms with Crippen molar-refractivity contribution in [2.45, 2.75) is 25.3 Å².